The van der Waals surface area contributed by atoms with Crippen molar-refractivity contribution in [1.82, 2.24) is 15.1 Å². The molecule has 1 aliphatic carbocycles. The van der Waals surface area contributed by atoms with E-state index in [9.17, 15) is 9.59 Å². The van der Waals surface area contributed by atoms with Crippen LogP contribution in [0.25, 0.3) is 10.2 Å². The zero-order valence-corrected chi connectivity index (χ0v) is 16.3. The van der Waals surface area contributed by atoms with E-state index in [-0.39, 0.29) is 17.9 Å². The number of aromatic nitrogens is 2. The van der Waals surface area contributed by atoms with Crippen LogP contribution in [0.3, 0.4) is 0 Å². The highest BCUT2D eigenvalue weighted by atomic mass is 32.1. The van der Waals surface area contributed by atoms with Gasteiger partial charge in [-0.2, -0.15) is 5.10 Å². The van der Waals surface area contributed by atoms with E-state index in [0.717, 1.165) is 54.8 Å². The lowest BCUT2D eigenvalue weighted by Gasteiger charge is -2.26. The first-order chi connectivity index (χ1) is 13.0. The Hall–Kier alpha value is -1.93. The van der Waals surface area contributed by atoms with E-state index in [4.69, 9.17) is 14.9 Å². The summed E-state index contributed by atoms with van der Waals surface area (Å²) in [5, 5.41) is 17.9. The molecule has 146 valence electrons. The van der Waals surface area contributed by atoms with Crippen LogP contribution >= 0.6 is 11.3 Å². The number of fused-ring (bicyclic) bond motifs is 1. The molecule has 0 bridgehead atoms. The average molecular weight is 391 g/mol. The Morgan fingerprint density at radius 3 is 2.59 bits per heavy atom. The summed E-state index contributed by atoms with van der Waals surface area (Å²) in [6, 6.07) is 2.33. The highest BCUT2D eigenvalue weighted by Crippen LogP contribution is 2.33. The van der Waals surface area contributed by atoms with Gasteiger partial charge >= 0.3 is 5.97 Å². The van der Waals surface area contributed by atoms with Crippen molar-refractivity contribution in [3.05, 3.63) is 16.6 Å². The molecule has 0 unspecified atom stereocenters. The number of carbonyl (C=O) groups excluding carboxylic acids is 1. The third-order valence-corrected chi connectivity index (χ3v) is 6.86. The first kappa shape index (κ1) is 18.4. The zero-order valence-electron chi connectivity index (χ0n) is 15.4. The van der Waals surface area contributed by atoms with Gasteiger partial charge in [0.1, 0.15) is 4.83 Å². The second kappa shape index (κ2) is 7.59. The van der Waals surface area contributed by atoms with Gasteiger partial charge in [0.15, 0.2) is 0 Å². The van der Waals surface area contributed by atoms with E-state index in [1.54, 1.807) is 0 Å². The summed E-state index contributed by atoms with van der Waals surface area (Å²) in [7, 11) is 0. The van der Waals surface area contributed by atoms with Gasteiger partial charge in [-0.1, -0.05) is 0 Å². The molecule has 0 radical (unpaired) electrons. The highest BCUT2D eigenvalue weighted by molar-refractivity contribution is 7.20. The molecule has 1 amide bonds. The van der Waals surface area contributed by atoms with Gasteiger partial charge in [-0.25, -0.2) is 0 Å². The second-order valence-electron chi connectivity index (χ2n) is 7.56. The summed E-state index contributed by atoms with van der Waals surface area (Å²) >= 11 is 1.49. The van der Waals surface area contributed by atoms with Crippen molar-refractivity contribution in [2.45, 2.75) is 57.5 Å². The first-order valence-corrected chi connectivity index (χ1v) is 10.4. The van der Waals surface area contributed by atoms with Crippen LogP contribution in [0.2, 0.25) is 0 Å². The number of carboxylic acid groups (broad SMARTS) is 1. The van der Waals surface area contributed by atoms with E-state index in [1.807, 2.05) is 13.0 Å². The summed E-state index contributed by atoms with van der Waals surface area (Å²) in [6.07, 6.45) is 4.60. The number of thiophene rings is 1. The van der Waals surface area contributed by atoms with Crippen molar-refractivity contribution in [2.24, 2.45) is 5.92 Å². The Morgan fingerprint density at radius 1 is 1.22 bits per heavy atom. The number of carboxylic acids is 1. The number of aryl methyl sites for hydroxylation is 1. The summed E-state index contributed by atoms with van der Waals surface area (Å²) in [4.78, 5) is 25.6. The van der Waals surface area contributed by atoms with Gasteiger partial charge < -0.3 is 15.2 Å². The molecule has 2 aromatic heterocycles. The van der Waals surface area contributed by atoms with Crippen molar-refractivity contribution in [3.63, 3.8) is 0 Å². The SMILES string of the molecule is Cc1nn(C2CCOCC2)c2sc(C(=O)N[C@H]3CC[C@H](C(=O)O)CC3)cc12. The fourth-order valence-electron chi connectivity index (χ4n) is 4.10. The van der Waals surface area contributed by atoms with E-state index >= 15 is 0 Å². The van der Waals surface area contributed by atoms with Crippen LogP contribution in [-0.4, -0.2) is 46.0 Å². The van der Waals surface area contributed by atoms with Gasteiger partial charge in [0.2, 0.25) is 0 Å². The summed E-state index contributed by atoms with van der Waals surface area (Å²) in [5.41, 5.74) is 0.953. The Kier molecular flexibility index (Phi) is 5.19. The van der Waals surface area contributed by atoms with E-state index < -0.39 is 5.97 Å². The van der Waals surface area contributed by atoms with Gasteiger partial charge in [-0.15, -0.1) is 11.3 Å². The smallest absolute Gasteiger partial charge is 0.306 e. The van der Waals surface area contributed by atoms with Gasteiger partial charge in [0.25, 0.3) is 5.91 Å². The zero-order chi connectivity index (χ0) is 19.0. The lowest BCUT2D eigenvalue weighted by atomic mass is 9.86. The molecule has 1 aliphatic heterocycles. The molecule has 0 atom stereocenters. The lowest BCUT2D eigenvalue weighted by molar-refractivity contribution is -0.142. The van der Waals surface area contributed by atoms with Crippen LogP contribution in [0.5, 0.6) is 0 Å². The minimum Gasteiger partial charge on any atom is -0.481 e. The van der Waals surface area contributed by atoms with Crippen LogP contribution in [0, 0.1) is 12.8 Å². The van der Waals surface area contributed by atoms with Crippen molar-refractivity contribution >= 4 is 33.4 Å². The topological polar surface area (TPSA) is 93.5 Å². The predicted molar refractivity (Wildman–Crippen MR) is 102 cm³/mol. The first-order valence-electron chi connectivity index (χ1n) is 9.63. The van der Waals surface area contributed by atoms with Crippen molar-refractivity contribution in [1.29, 1.82) is 0 Å². The van der Waals surface area contributed by atoms with Crippen molar-refractivity contribution < 1.29 is 19.4 Å². The molecular formula is C19H25N3O4S. The van der Waals surface area contributed by atoms with Crippen LogP contribution in [0.15, 0.2) is 6.07 Å². The summed E-state index contributed by atoms with van der Waals surface area (Å²) in [5.74, 6) is -1.05. The monoisotopic (exact) mass is 391 g/mol. The summed E-state index contributed by atoms with van der Waals surface area (Å²) in [6.45, 7) is 3.49. The Labute approximate surface area is 161 Å². The fraction of sp³-hybridized carbons (Fsp3) is 0.632. The number of carbonyl (C=O) groups is 2. The third-order valence-electron chi connectivity index (χ3n) is 5.74. The molecule has 2 aromatic rings. The minimum atomic E-state index is -0.725. The summed E-state index contributed by atoms with van der Waals surface area (Å²) < 4.78 is 7.53. The fourth-order valence-corrected chi connectivity index (χ4v) is 5.24. The third kappa shape index (κ3) is 3.73. The molecule has 7 nitrogen and oxygen atoms in total. The Balaban J connectivity index is 1.47. The number of aliphatic carboxylic acids is 1. The average Bonchev–Trinajstić information content (AvgIpc) is 3.24. The molecule has 1 saturated heterocycles. The molecule has 8 heteroatoms. The van der Waals surface area contributed by atoms with Crippen LogP contribution in [0.4, 0.5) is 0 Å². The molecule has 2 aliphatic rings. The number of rotatable bonds is 4. The van der Waals surface area contributed by atoms with Crippen LogP contribution in [0.1, 0.15) is 59.9 Å². The normalized spacial score (nSPS) is 24.2. The maximum atomic E-state index is 12.7. The molecule has 4 rings (SSSR count). The lowest BCUT2D eigenvalue weighted by Crippen LogP contribution is -2.38. The molecule has 2 N–H and O–H groups in total. The highest BCUT2D eigenvalue weighted by Gasteiger charge is 2.28. The molecule has 0 spiro atoms. The quantitative estimate of drug-likeness (QED) is 0.835. The van der Waals surface area contributed by atoms with Gasteiger partial charge in [0, 0.05) is 24.6 Å². The number of hydrogen-bond acceptors (Lipinski definition) is 5. The van der Waals surface area contributed by atoms with Crippen LogP contribution in [-0.2, 0) is 9.53 Å². The van der Waals surface area contributed by atoms with Gasteiger partial charge in [0.05, 0.1) is 22.5 Å². The van der Waals surface area contributed by atoms with Crippen LogP contribution < -0.4 is 5.32 Å². The predicted octanol–water partition coefficient (Wildman–Crippen LogP) is 3.13. The molecule has 27 heavy (non-hydrogen) atoms. The number of amides is 1. The van der Waals surface area contributed by atoms with E-state index in [1.165, 1.54) is 11.3 Å². The maximum Gasteiger partial charge on any atom is 0.306 e. The number of nitrogens with one attached hydrogen (secondary N) is 1. The van der Waals surface area contributed by atoms with Gasteiger partial charge in [-0.3, -0.25) is 14.3 Å². The number of ether oxygens (including phenoxy) is 1. The molecule has 2 fully saturated rings. The standard InChI is InChI=1S/C19H25N3O4S/c1-11-15-10-16(17(23)20-13-4-2-12(3-5-13)19(24)25)27-18(15)22(21-11)14-6-8-26-9-7-14/h10,12-14H,2-9H2,1H3,(H,20,23)(H,24,25)/t12-,13-. The van der Waals surface area contributed by atoms with E-state index in [2.05, 4.69) is 10.00 Å². The number of hydrogen-bond donors (Lipinski definition) is 2. The molecule has 3 heterocycles. The maximum absolute atomic E-state index is 12.7. The minimum absolute atomic E-state index is 0.0615. The largest absolute Gasteiger partial charge is 0.481 e. The second-order valence-corrected chi connectivity index (χ2v) is 8.59. The van der Waals surface area contributed by atoms with Crippen molar-refractivity contribution in [2.75, 3.05) is 13.2 Å². The Morgan fingerprint density at radius 2 is 1.93 bits per heavy atom. The molecule has 1 saturated carbocycles. The molecule has 0 aromatic carbocycles. The number of nitrogens with zero attached hydrogens (tertiary/aromatic N) is 2. The van der Waals surface area contributed by atoms with E-state index in [0.29, 0.717) is 23.8 Å². The Bertz CT molecular complexity index is 845. The molecular weight excluding hydrogens is 366 g/mol. The van der Waals surface area contributed by atoms with Gasteiger partial charge in [-0.05, 0) is 51.5 Å². The van der Waals surface area contributed by atoms with Crippen molar-refractivity contribution in [3.8, 4) is 0 Å².